The Morgan fingerprint density at radius 1 is 1.25 bits per heavy atom. The molecule has 0 radical (unpaired) electrons. The van der Waals surface area contributed by atoms with Crippen LogP contribution in [0.3, 0.4) is 0 Å². The lowest BCUT2D eigenvalue weighted by molar-refractivity contribution is 0.0692. The average Bonchev–Trinajstić information content (AvgIpc) is 2.29. The van der Waals surface area contributed by atoms with Crippen LogP contribution in [0.5, 0.6) is 0 Å². The minimum atomic E-state index is -1.20. The Hall–Kier alpha value is -1.38. The predicted molar refractivity (Wildman–Crippen MR) is 59.2 cm³/mol. The molecule has 0 unspecified atom stereocenters. The average molecular weight is 222 g/mol. The molecule has 0 atom stereocenters. The monoisotopic (exact) mass is 222 g/mol. The number of carbonyl (C=O) groups is 1. The summed E-state index contributed by atoms with van der Waals surface area (Å²) in [5.74, 6) is -1.41. The van der Waals surface area contributed by atoms with E-state index >= 15 is 0 Å². The Morgan fingerprint density at radius 3 is 2.50 bits per heavy atom. The van der Waals surface area contributed by atoms with E-state index in [0.29, 0.717) is 5.92 Å². The predicted octanol–water partition coefficient (Wildman–Crippen LogP) is 3.57. The van der Waals surface area contributed by atoms with Gasteiger partial charge in [-0.2, -0.15) is 0 Å². The van der Waals surface area contributed by atoms with E-state index in [1.54, 1.807) is 6.07 Å². The normalized spacial score (nSPS) is 17.3. The van der Waals surface area contributed by atoms with Crippen LogP contribution in [0.2, 0.25) is 0 Å². The van der Waals surface area contributed by atoms with Crippen molar-refractivity contribution >= 4 is 5.97 Å². The lowest BCUT2D eigenvalue weighted by Gasteiger charge is -2.22. The standard InChI is InChI=1S/C13H15FO2/c14-12-8-10(6-7-11(12)13(15)16)9-4-2-1-3-5-9/h6-9H,1-5H2,(H,15,16). The fraction of sp³-hybridized carbons (Fsp3) is 0.462. The van der Waals surface area contributed by atoms with Crippen LogP contribution in [0.1, 0.15) is 53.9 Å². The largest absolute Gasteiger partial charge is 0.478 e. The molecule has 0 aromatic heterocycles. The molecular weight excluding hydrogens is 207 g/mol. The molecule has 3 heteroatoms. The number of halogens is 1. The zero-order valence-corrected chi connectivity index (χ0v) is 9.08. The van der Waals surface area contributed by atoms with E-state index in [0.717, 1.165) is 18.4 Å². The highest BCUT2D eigenvalue weighted by Gasteiger charge is 2.18. The first-order valence-electron chi connectivity index (χ1n) is 5.71. The van der Waals surface area contributed by atoms with Crippen molar-refractivity contribution in [2.45, 2.75) is 38.0 Å². The molecule has 1 aromatic rings. The maximum Gasteiger partial charge on any atom is 0.338 e. The second-order valence-electron chi connectivity index (χ2n) is 4.38. The van der Waals surface area contributed by atoms with Gasteiger partial charge in [0.05, 0.1) is 5.56 Å². The summed E-state index contributed by atoms with van der Waals surface area (Å²) in [6.07, 6.45) is 5.81. The minimum absolute atomic E-state index is 0.237. The number of carboxylic acids is 1. The molecule has 86 valence electrons. The maximum absolute atomic E-state index is 13.5. The van der Waals surface area contributed by atoms with Gasteiger partial charge in [0, 0.05) is 0 Å². The van der Waals surface area contributed by atoms with Crippen LogP contribution in [0, 0.1) is 5.82 Å². The van der Waals surface area contributed by atoms with Crippen LogP contribution in [0.4, 0.5) is 4.39 Å². The third-order valence-corrected chi connectivity index (χ3v) is 3.30. The molecule has 1 aromatic carbocycles. The van der Waals surface area contributed by atoms with Crippen LogP contribution in [-0.2, 0) is 0 Å². The summed E-state index contributed by atoms with van der Waals surface area (Å²) < 4.78 is 13.5. The molecule has 0 amide bonds. The number of rotatable bonds is 2. The molecule has 0 saturated heterocycles. The zero-order chi connectivity index (χ0) is 11.5. The molecule has 1 N–H and O–H groups in total. The molecule has 1 aliphatic carbocycles. The summed E-state index contributed by atoms with van der Waals surface area (Å²) in [5.41, 5.74) is 0.710. The van der Waals surface area contributed by atoms with Crippen LogP contribution in [0.15, 0.2) is 18.2 Å². The number of hydrogen-bond acceptors (Lipinski definition) is 1. The van der Waals surface area contributed by atoms with Gasteiger partial charge in [-0.05, 0) is 36.5 Å². The second-order valence-corrected chi connectivity index (χ2v) is 4.38. The molecule has 0 aliphatic heterocycles. The molecular formula is C13H15FO2. The van der Waals surface area contributed by atoms with Crippen molar-refractivity contribution in [3.8, 4) is 0 Å². The number of benzene rings is 1. The van der Waals surface area contributed by atoms with Crippen molar-refractivity contribution in [1.82, 2.24) is 0 Å². The quantitative estimate of drug-likeness (QED) is 0.830. The Kier molecular flexibility index (Phi) is 3.22. The Balaban J connectivity index is 2.23. The number of hydrogen-bond donors (Lipinski definition) is 1. The Bertz CT molecular complexity index is 395. The molecule has 0 heterocycles. The van der Waals surface area contributed by atoms with Crippen molar-refractivity contribution in [1.29, 1.82) is 0 Å². The summed E-state index contributed by atoms with van der Waals surface area (Å²) in [6, 6.07) is 4.52. The first-order valence-corrected chi connectivity index (χ1v) is 5.71. The fourth-order valence-corrected chi connectivity index (χ4v) is 2.39. The van der Waals surface area contributed by atoms with Gasteiger partial charge in [-0.1, -0.05) is 25.3 Å². The first-order chi connectivity index (χ1) is 7.68. The Labute approximate surface area is 94.1 Å². The third kappa shape index (κ3) is 2.23. The minimum Gasteiger partial charge on any atom is -0.478 e. The third-order valence-electron chi connectivity index (χ3n) is 3.30. The first kappa shape index (κ1) is 11.1. The van der Waals surface area contributed by atoms with E-state index in [-0.39, 0.29) is 5.56 Å². The van der Waals surface area contributed by atoms with E-state index in [9.17, 15) is 9.18 Å². The van der Waals surface area contributed by atoms with Gasteiger partial charge in [0.2, 0.25) is 0 Å². The highest BCUT2D eigenvalue weighted by molar-refractivity contribution is 5.87. The van der Waals surface area contributed by atoms with Crippen LogP contribution in [0.25, 0.3) is 0 Å². The van der Waals surface area contributed by atoms with Gasteiger partial charge in [0.1, 0.15) is 5.82 Å². The zero-order valence-electron chi connectivity index (χ0n) is 9.08. The molecule has 2 nitrogen and oxygen atoms in total. The van der Waals surface area contributed by atoms with E-state index in [1.165, 1.54) is 31.4 Å². The van der Waals surface area contributed by atoms with Gasteiger partial charge < -0.3 is 5.11 Å². The van der Waals surface area contributed by atoms with Gasteiger partial charge in [-0.25, -0.2) is 9.18 Å². The molecule has 1 aliphatic rings. The van der Waals surface area contributed by atoms with Gasteiger partial charge in [-0.3, -0.25) is 0 Å². The molecule has 0 spiro atoms. The van der Waals surface area contributed by atoms with Crippen molar-refractivity contribution in [3.05, 3.63) is 35.1 Å². The van der Waals surface area contributed by atoms with Gasteiger partial charge in [0.15, 0.2) is 0 Å². The van der Waals surface area contributed by atoms with E-state index in [1.807, 2.05) is 0 Å². The van der Waals surface area contributed by atoms with Gasteiger partial charge in [-0.15, -0.1) is 0 Å². The van der Waals surface area contributed by atoms with Gasteiger partial charge in [0.25, 0.3) is 0 Å². The molecule has 2 rings (SSSR count). The van der Waals surface area contributed by atoms with Crippen LogP contribution in [-0.4, -0.2) is 11.1 Å². The molecule has 1 saturated carbocycles. The highest BCUT2D eigenvalue weighted by atomic mass is 19.1. The Morgan fingerprint density at radius 2 is 1.94 bits per heavy atom. The maximum atomic E-state index is 13.5. The lowest BCUT2D eigenvalue weighted by Crippen LogP contribution is -2.07. The van der Waals surface area contributed by atoms with Crippen molar-refractivity contribution < 1.29 is 14.3 Å². The molecule has 0 bridgehead atoms. The van der Waals surface area contributed by atoms with Crippen LogP contribution < -0.4 is 0 Å². The molecule has 1 fully saturated rings. The summed E-state index contributed by atoms with van der Waals surface area (Å²) >= 11 is 0. The van der Waals surface area contributed by atoms with E-state index in [4.69, 9.17) is 5.11 Å². The van der Waals surface area contributed by atoms with E-state index in [2.05, 4.69) is 0 Å². The summed E-state index contributed by atoms with van der Waals surface area (Å²) in [7, 11) is 0. The van der Waals surface area contributed by atoms with Crippen molar-refractivity contribution in [2.24, 2.45) is 0 Å². The number of aromatic carboxylic acids is 1. The SMILES string of the molecule is O=C(O)c1ccc(C2CCCCC2)cc1F. The highest BCUT2D eigenvalue weighted by Crippen LogP contribution is 2.33. The topological polar surface area (TPSA) is 37.3 Å². The summed E-state index contributed by atoms with van der Waals surface area (Å²) in [6.45, 7) is 0. The van der Waals surface area contributed by atoms with Crippen molar-refractivity contribution in [3.63, 3.8) is 0 Å². The van der Waals surface area contributed by atoms with Crippen molar-refractivity contribution in [2.75, 3.05) is 0 Å². The van der Waals surface area contributed by atoms with E-state index < -0.39 is 11.8 Å². The summed E-state index contributed by atoms with van der Waals surface area (Å²) in [5, 5.41) is 8.73. The van der Waals surface area contributed by atoms with Crippen LogP contribution >= 0.6 is 0 Å². The smallest absolute Gasteiger partial charge is 0.338 e. The fourth-order valence-electron chi connectivity index (χ4n) is 2.39. The number of carboxylic acid groups (broad SMARTS) is 1. The lowest BCUT2D eigenvalue weighted by atomic mass is 9.84. The summed E-state index contributed by atoms with van der Waals surface area (Å²) in [4.78, 5) is 10.7. The second kappa shape index (κ2) is 4.64. The molecule has 16 heavy (non-hydrogen) atoms. The van der Waals surface area contributed by atoms with Gasteiger partial charge >= 0.3 is 5.97 Å².